The SMILES string of the molecule is COc1ccc(-n2ncc3c(=O)[nH]c(SCC(=O)Nc4ccc(C(N)=O)cc4)nc32)cc1. The van der Waals surface area contributed by atoms with Gasteiger partial charge in [-0.1, -0.05) is 11.8 Å². The van der Waals surface area contributed by atoms with E-state index in [9.17, 15) is 14.4 Å². The molecule has 2 aromatic carbocycles. The summed E-state index contributed by atoms with van der Waals surface area (Å²) in [6.45, 7) is 0. The average Bonchev–Trinajstić information content (AvgIpc) is 3.23. The number of amides is 2. The van der Waals surface area contributed by atoms with E-state index in [1.807, 2.05) is 0 Å². The Morgan fingerprint density at radius 1 is 1.16 bits per heavy atom. The second kappa shape index (κ2) is 8.94. The van der Waals surface area contributed by atoms with Crippen LogP contribution in [0.15, 0.2) is 64.7 Å². The van der Waals surface area contributed by atoms with Gasteiger partial charge in [0.15, 0.2) is 10.8 Å². The van der Waals surface area contributed by atoms with Crippen LogP contribution >= 0.6 is 11.8 Å². The Kier molecular flexibility index (Phi) is 5.90. The second-order valence-electron chi connectivity index (χ2n) is 6.64. The summed E-state index contributed by atoms with van der Waals surface area (Å²) in [7, 11) is 1.58. The molecule has 0 aliphatic rings. The number of methoxy groups -OCH3 is 1. The summed E-state index contributed by atoms with van der Waals surface area (Å²) in [5.41, 5.74) is 6.82. The van der Waals surface area contributed by atoms with E-state index >= 15 is 0 Å². The first-order valence-electron chi connectivity index (χ1n) is 9.39. The highest BCUT2D eigenvalue weighted by molar-refractivity contribution is 7.99. The lowest BCUT2D eigenvalue weighted by Gasteiger charge is -2.07. The molecule has 0 fully saturated rings. The number of benzene rings is 2. The molecule has 4 rings (SSSR count). The number of nitrogens with zero attached hydrogens (tertiary/aromatic N) is 3. The van der Waals surface area contributed by atoms with Gasteiger partial charge in [-0.25, -0.2) is 9.67 Å². The van der Waals surface area contributed by atoms with Crippen LogP contribution < -0.4 is 21.3 Å². The number of hydrogen-bond donors (Lipinski definition) is 3. The Balaban J connectivity index is 1.50. The van der Waals surface area contributed by atoms with Crippen LogP contribution in [-0.2, 0) is 4.79 Å². The molecule has 2 amide bonds. The zero-order chi connectivity index (χ0) is 22.7. The number of H-pyrrole nitrogens is 1. The quantitative estimate of drug-likeness (QED) is 0.288. The first-order valence-corrected chi connectivity index (χ1v) is 10.4. The van der Waals surface area contributed by atoms with Gasteiger partial charge in [-0.05, 0) is 48.5 Å². The third-order valence-corrected chi connectivity index (χ3v) is 5.40. The molecule has 0 aliphatic heterocycles. The van der Waals surface area contributed by atoms with Gasteiger partial charge in [0, 0.05) is 11.3 Å². The third kappa shape index (κ3) is 4.47. The summed E-state index contributed by atoms with van der Waals surface area (Å²) in [6.07, 6.45) is 1.45. The lowest BCUT2D eigenvalue weighted by atomic mass is 10.2. The lowest BCUT2D eigenvalue weighted by Crippen LogP contribution is -2.16. The van der Waals surface area contributed by atoms with Crippen molar-refractivity contribution in [3.8, 4) is 11.4 Å². The number of rotatable bonds is 7. The molecule has 10 nitrogen and oxygen atoms in total. The summed E-state index contributed by atoms with van der Waals surface area (Å²) in [4.78, 5) is 43.0. The first kappa shape index (κ1) is 21.1. The lowest BCUT2D eigenvalue weighted by molar-refractivity contribution is -0.113. The highest BCUT2D eigenvalue weighted by atomic mass is 32.2. The van der Waals surface area contributed by atoms with Crippen molar-refractivity contribution < 1.29 is 14.3 Å². The molecule has 2 aromatic heterocycles. The molecule has 4 N–H and O–H groups in total. The van der Waals surface area contributed by atoms with Crippen molar-refractivity contribution in [1.29, 1.82) is 0 Å². The molecule has 0 saturated heterocycles. The van der Waals surface area contributed by atoms with Crippen molar-refractivity contribution >= 4 is 40.3 Å². The monoisotopic (exact) mass is 450 g/mol. The molecule has 162 valence electrons. The summed E-state index contributed by atoms with van der Waals surface area (Å²) in [5, 5.41) is 7.60. The number of aromatic nitrogens is 4. The van der Waals surface area contributed by atoms with E-state index in [-0.39, 0.29) is 22.4 Å². The number of nitrogens with two attached hydrogens (primary N) is 1. The topological polar surface area (TPSA) is 145 Å². The number of aromatic amines is 1. The van der Waals surface area contributed by atoms with Gasteiger partial charge in [-0.15, -0.1) is 0 Å². The molecule has 32 heavy (non-hydrogen) atoms. The third-order valence-electron chi connectivity index (χ3n) is 4.53. The van der Waals surface area contributed by atoms with Gasteiger partial charge >= 0.3 is 0 Å². The molecule has 0 radical (unpaired) electrons. The molecule has 0 bridgehead atoms. The van der Waals surface area contributed by atoms with Crippen LogP contribution in [0.5, 0.6) is 5.75 Å². The zero-order valence-electron chi connectivity index (χ0n) is 16.9. The van der Waals surface area contributed by atoms with E-state index < -0.39 is 5.91 Å². The minimum atomic E-state index is -0.544. The van der Waals surface area contributed by atoms with Crippen LogP contribution in [0.2, 0.25) is 0 Å². The van der Waals surface area contributed by atoms with Crippen molar-refractivity contribution in [3.05, 3.63) is 70.6 Å². The van der Waals surface area contributed by atoms with E-state index in [1.165, 1.54) is 18.3 Å². The van der Waals surface area contributed by atoms with Crippen LogP contribution in [0.4, 0.5) is 5.69 Å². The smallest absolute Gasteiger partial charge is 0.262 e. The number of fused-ring (bicyclic) bond motifs is 1. The summed E-state index contributed by atoms with van der Waals surface area (Å²) >= 11 is 1.08. The van der Waals surface area contributed by atoms with Gasteiger partial charge in [-0.3, -0.25) is 14.4 Å². The fourth-order valence-corrected chi connectivity index (χ4v) is 3.58. The van der Waals surface area contributed by atoms with Crippen molar-refractivity contribution in [3.63, 3.8) is 0 Å². The number of hydrogen-bond acceptors (Lipinski definition) is 7. The van der Waals surface area contributed by atoms with Crippen molar-refractivity contribution in [2.75, 3.05) is 18.2 Å². The van der Waals surface area contributed by atoms with Crippen molar-refractivity contribution in [2.24, 2.45) is 5.73 Å². The standard InChI is InChI=1S/C21H18N6O4S/c1-31-15-8-6-14(7-9-15)27-19-16(10-23-27)20(30)26-21(25-19)32-11-17(28)24-13-4-2-12(3-5-13)18(22)29/h2-10H,11H2,1H3,(H2,22,29)(H,24,28)(H,25,26,30). The Hall–Kier alpha value is -4.12. The number of anilines is 1. The van der Waals surface area contributed by atoms with Crippen molar-refractivity contribution in [1.82, 2.24) is 19.7 Å². The summed E-state index contributed by atoms with van der Waals surface area (Å²) in [6, 6.07) is 13.4. The van der Waals surface area contributed by atoms with Crippen LogP contribution in [0.3, 0.4) is 0 Å². The minimum Gasteiger partial charge on any atom is -0.497 e. The maximum atomic E-state index is 12.4. The molecule has 2 heterocycles. The molecular formula is C21H18N6O4S. The van der Waals surface area contributed by atoms with Gasteiger partial charge in [0.2, 0.25) is 11.8 Å². The maximum absolute atomic E-state index is 12.4. The second-order valence-corrected chi connectivity index (χ2v) is 7.61. The Morgan fingerprint density at radius 2 is 1.88 bits per heavy atom. The molecule has 11 heteroatoms. The molecular weight excluding hydrogens is 432 g/mol. The molecule has 0 spiro atoms. The van der Waals surface area contributed by atoms with Gasteiger partial charge in [0.05, 0.1) is 24.7 Å². The van der Waals surface area contributed by atoms with Crippen LogP contribution in [-0.4, -0.2) is 44.4 Å². The Morgan fingerprint density at radius 3 is 2.53 bits per heavy atom. The van der Waals surface area contributed by atoms with E-state index in [0.717, 1.165) is 11.8 Å². The van der Waals surface area contributed by atoms with Crippen LogP contribution in [0.1, 0.15) is 10.4 Å². The van der Waals surface area contributed by atoms with Gasteiger partial charge < -0.3 is 20.8 Å². The predicted octanol–water partition coefficient (Wildman–Crippen LogP) is 1.95. The number of carbonyl (C=O) groups excluding carboxylic acids is 2. The minimum absolute atomic E-state index is 0.0166. The number of nitrogens with one attached hydrogen (secondary N) is 2. The summed E-state index contributed by atoms with van der Waals surface area (Å²) in [5.74, 6) is -0.128. The zero-order valence-corrected chi connectivity index (χ0v) is 17.7. The highest BCUT2D eigenvalue weighted by Crippen LogP contribution is 2.20. The number of thioether (sulfide) groups is 1. The average molecular weight is 450 g/mol. The van der Waals surface area contributed by atoms with E-state index in [4.69, 9.17) is 10.5 Å². The molecule has 0 unspecified atom stereocenters. The van der Waals surface area contributed by atoms with Gasteiger partial charge in [-0.2, -0.15) is 5.10 Å². The van der Waals surface area contributed by atoms with E-state index in [0.29, 0.717) is 33.7 Å². The fraction of sp³-hybridized carbons (Fsp3) is 0.0952. The number of primary amides is 1. The fourth-order valence-electron chi connectivity index (χ4n) is 2.93. The molecule has 0 aliphatic carbocycles. The maximum Gasteiger partial charge on any atom is 0.262 e. The first-order chi connectivity index (χ1) is 15.4. The normalized spacial score (nSPS) is 10.8. The van der Waals surface area contributed by atoms with Crippen LogP contribution in [0.25, 0.3) is 16.7 Å². The molecule has 0 atom stereocenters. The van der Waals surface area contributed by atoms with Gasteiger partial charge in [0.1, 0.15) is 11.1 Å². The summed E-state index contributed by atoms with van der Waals surface area (Å²) < 4.78 is 6.71. The van der Waals surface area contributed by atoms with Gasteiger partial charge in [0.25, 0.3) is 5.56 Å². The van der Waals surface area contributed by atoms with Crippen molar-refractivity contribution in [2.45, 2.75) is 5.16 Å². The Labute approximate surface area is 185 Å². The number of ether oxygens (including phenoxy) is 1. The molecule has 0 saturated carbocycles. The number of carbonyl (C=O) groups is 2. The van der Waals surface area contributed by atoms with E-state index in [1.54, 1.807) is 48.2 Å². The van der Waals surface area contributed by atoms with Crippen LogP contribution in [0, 0.1) is 0 Å². The highest BCUT2D eigenvalue weighted by Gasteiger charge is 2.13. The van der Waals surface area contributed by atoms with E-state index in [2.05, 4.69) is 20.4 Å². The largest absolute Gasteiger partial charge is 0.497 e. The molecule has 4 aromatic rings. The predicted molar refractivity (Wildman–Crippen MR) is 120 cm³/mol. The Bertz CT molecular complexity index is 1350.